The highest BCUT2D eigenvalue weighted by molar-refractivity contribution is 6.52. The van der Waals surface area contributed by atoms with Gasteiger partial charge in [0.1, 0.15) is 12.2 Å². The maximum Gasteiger partial charge on any atom is 0.339 e. The molecule has 3 atom stereocenters. The molecular weight excluding hydrogens is 259 g/mol. The van der Waals surface area contributed by atoms with E-state index in [-0.39, 0.29) is 6.61 Å². The monoisotopic (exact) mass is 274 g/mol. The first-order valence-electron chi connectivity index (χ1n) is 4.85. The molecule has 0 aliphatic carbocycles. The van der Waals surface area contributed by atoms with Crippen molar-refractivity contribution in [1.82, 2.24) is 0 Å². The van der Waals surface area contributed by atoms with E-state index in [1.54, 1.807) is 6.92 Å². The number of carbonyl (C=O) groups excluding carboxylic acids is 1. The lowest BCUT2D eigenvalue weighted by atomic mass is 10.1. The van der Waals surface area contributed by atoms with Crippen molar-refractivity contribution in [3.05, 3.63) is 0 Å². The molecule has 96 valence electrons. The summed E-state index contributed by atoms with van der Waals surface area (Å²) in [6.07, 6.45) is -2.16. The van der Waals surface area contributed by atoms with Crippen LogP contribution < -0.4 is 0 Å². The molecule has 0 heterocycles. The molecule has 16 heavy (non-hydrogen) atoms. The quantitative estimate of drug-likeness (QED) is 0.409. The molecule has 0 bridgehead atoms. The molecule has 0 spiro atoms. The standard InChI is InChI=1S/C9H16Cl2O5/c1-3-6(16-9(14)8(10)11)7(4-12)15-5(2)13/h5-8,12-13H,3-4H2,1-2H3. The van der Waals surface area contributed by atoms with Gasteiger partial charge in [-0.3, -0.25) is 0 Å². The van der Waals surface area contributed by atoms with Crippen LogP contribution in [-0.4, -0.2) is 46.1 Å². The number of ether oxygens (including phenoxy) is 2. The summed E-state index contributed by atoms with van der Waals surface area (Å²) in [5, 5.41) is 18.1. The number of alkyl halides is 2. The average Bonchev–Trinajstić information content (AvgIpc) is 2.21. The fraction of sp³-hybridized carbons (Fsp3) is 0.889. The Labute approximate surface area is 104 Å². The lowest BCUT2D eigenvalue weighted by Gasteiger charge is -2.26. The number of carbonyl (C=O) groups is 1. The summed E-state index contributed by atoms with van der Waals surface area (Å²) in [4.78, 5) is 9.85. The Morgan fingerprint density at radius 2 is 1.94 bits per heavy atom. The first kappa shape index (κ1) is 15.9. The van der Waals surface area contributed by atoms with Crippen molar-refractivity contribution >= 4 is 29.2 Å². The van der Waals surface area contributed by atoms with Gasteiger partial charge in [-0.15, -0.1) is 0 Å². The molecule has 0 saturated carbocycles. The summed E-state index contributed by atoms with van der Waals surface area (Å²) in [5.41, 5.74) is 0. The molecule has 0 aliphatic rings. The maximum absolute atomic E-state index is 11.1. The zero-order chi connectivity index (χ0) is 12.7. The van der Waals surface area contributed by atoms with Crippen LogP contribution in [0.1, 0.15) is 20.3 Å². The smallest absolute Gasteiger partial charge is 0.339 e. The van der Waals surface area contributed by atoms with Gasteiger partial charge >= 0.3 is 5.97 Å². The Morgan fingerprint density at radius 3 is 2.25 bits per heavy atom. The predicted octanol–water partition coefficient (Wildman–Crippen LogP) is 0.828. The van der Waals surface area contributed by atoms with Crippen LogP contribution in [0.3, 0.4) is 0 Å². The summed E-state index contributed by atoms with van der Waals surface area (Å²) in [6, 6.07) is 0. The number of hydrogen-bond donors (Lipinski definition) is 2. The van der Waals surface area contributed by atoms with Crippen LogP contribution in [0.25, 0.3) is 0 Å². The second-order valence-corrected chi connectivity index (χ2v) is 4.24. The predicted molar refractivity (Wildman–Crippen MR) is 59.3 cm³/mol. The van der Waals surface area contributed by atoms with Crippen molar-refractivity contribution in [1.29, 1.82) is 0 Å². The summed E-state index contributed by atoms with van der Waals surface area (Å²) in [5.74, 6) is -0.803. The summed E-state index contributed by atoms with van der Waals surface area (Å²) in [6.45, 7) is 2.75. The molecule has 0 radical (unpaired) electrons. The Morgan fingerprint density at radius 1 is 1.38 bits per heavy atom. The first-order chi connectivity index (χ1) is 7.42. The minimum Gasteiger partial charge on any atom is -0.458 e. The van der Waals surface area contributed by atoms with Crippen molar-refractivity contribution in [2.75, 3.05) is 6.61 Å². The van der Waals surface area contributed by atoms with Gasteiger partial charge in [0.05, 0.1) is 6.61 Å². The zero-order valence-electron chi connectivity index (χ0n) is 9.10. The molecule has 0 aromatic heterocycles. The van der Waals surface area contributed by atoms with Crippen LogP contribution in [-0.2, 0) is 14.3 Å². The van der Waals surface area contributed by atoms with E-state index in [0.717, 1.165) is 0 Å². The van der Waals surface area contributed by atoms with Gasteiger partial charge in [0.15, 0.2) is 6.29 Å². The van der Waals surface area contributed by atoms with Crippen LogP contribution in [0.15, 0.2) is 0 Å². The van der Waals surface area contributed by atoms with Gasteiger partial charge in [0.2, 0.25) is 4.84 Å². The Balaban J connectivity index is 4.38. The molecule has 0 amide bonds. The van der Waals surface area contributed by atoms with E-state index in [2.05, 4.69) is 0 Å². The van der Waals surface area contributed by atoms with Gasteiger partial charge in [-0.2, -0.15) is 0 Å². The highest BCUT2D eigenvalue weighted by Gasteiger charge is 2.27. The maximum atomic E-state index is 11.1. The molecule has 0 aromatic carbocycles. The molecule has 7 heteroatoms. The number of esters is 1. The summed E-state index contributed by atoms with van der Waals surface area (Å²) in [7, 11) is 0. The lowest BCUT2D eigenvalue weighted by Crippen LogP contribution is -2.39. The van der Waals surface area contributed by atoms with Crippen molar-refractivity contribution in [2.24, 2.45) is 0 Å². The summed E-state index contributed by atoms with van der Waals surface area (Å²) < 4.78 is 9.89. The minimum atomic E-state index is -1.28. The third kappa shape index (κ3) is 5.86. The van der Waals surface area contributed by atoms with Gasteiger partial charge in [0.25, 0.3) is 0 Å². The van der Waals surface area contributed by atoms with Gasteiger partial charge in [0, 0.05) is 0 Å². The van der Waals surface area contributed by atoms with Crippen LogP contribution in [0.5, 0.6) is 0 Å². The van der Waals surface area contributed by atoms with Crippen molar-refractivity contribution in [3.8, 4) is 0 Å². The van der Waals surface area contributed by atoms with Crippen LogP contribution in [0, 0.1) is 0 Å². The molecule has 0 fully saturated rings. The van der Waals surface area contributed by atoms with Crippen molar-refractivity contribution in [3.63, 3.8) is 0 Å². The third-order valence-electron chi connectivity index (χ3n) is 1.81. The Hall–Kier alpha value is -0.0700. The van der Waals surface area contributed by atoms with Gasteiger partial charge in [-0.25, -0.2) is 4.79 Å². The normalized spacial score (nSPS) is 16.9. The molecule has 0 aliphatic heterocycles. The molecule has 2 N–H and O–H groups in total. The number of aliphatic hydroxyl groups is 2. The van der Waals surface area contributed by atoms with Crippen molar-refractivity contribution < 1.29 is 24.5 Å². The number of halogens is 2. The number of aliphatic hydroxyl groups excluding tert-OH is 2. The van der Waals surface area contributed by atoms with Crippen LogP contribution in [0.2, 0.25) is 0 Å². The second-order valence-electron chi connectivity index (χ2n) is 3.14. The van der Waals surface area contributed by atoms with Crippen LogP contribution >= 0.6 is 23.2 Å². The van der Waals surface area contributed by atoms with E-state index < -0.39 is 29.3 Å². The van der Waals surface area contributed by atoms with Gasteiger partial charge in [-0.1, -0.05) is 30.1 Å². The largest absolute Gasteiger partial charge is 0.458 e. The first-order valence-corrected chi connectivity index (χ1v) is 5.72. The van der Waals surface area contributed by atoms with E-state index in [4.69, 9.17) is 42.9 Å². The summed E-state index contributed by atoms with van der Waals surface area (Å²) >= 11 is 10.6. The topological polar surface area (TPSA) is 76.0 Å². The van der Waals surface area contributed by atoms with E-state index in [1.807, 2.05) is 0 Å². The average molecular weight is 275 g/mol. The SMILES string of the molecule is CCC(OC(=O)C(Cl)Cl)C(CO)OC(C)O. The molecule has 0 rings (SSSR count). The molecule has 3 unspecified atom stereocenters. The Kier molecular flexibility index (Phi) is 8.05. The third-order valence-corrected chi connectivity index (χ3v) is 2.17. The fourth-order valence-corrected chi connectivity index (χ4v) is 1.23. The molecular formula is C9H16Cl2O5. The van der Waals surface area contributed by atoms with E-state index >= 15 is 0 Å². The van der Waals surface area contributed by atoms with Crippen molar-refractivity contribution in [2.45, 2.75) is 43.6 Å². The van der Waals surface area contributed by atoms with Gasteiger partial charge in [-0.05, 0) is 13.3 Å². The Bertz CT molecular complexity index is 210. The second kappa shape index (κ2) is 8.08. The number of rotatable bonds is 7. The van der Waals surface area contributed by atoms with E-state index in [0.29, 0.717) is 6.42 Å². The lowest BCUT2D eigenvalue weighted by molar-refractivity contribution is -0.185. The van der Waals surface area contributed by atoms with E-state index in [1.165, 1.54) is 6.92 Å². The zero-order valence-corrected chi connectivity index (χ0v) is 10.6. The van der Waals surface area contributed by atoms with Crippen LogP contribution in [0.4, 0.5) is 0 Å². The number of hydrogen-bond acceptors (Lipinski definition) is 5. The molecule has 0 saturated heterocycles. The highest BCUT2D eigenvalue weighted by atomic mass is 35.5. The molecule has 0 aromatic rings. The van der Waals surface area contributed by atoms with Gasteiger partial charge < -0.3 is 19.7 Å². The fourth-order valence-electron chi connectivity index (χ4n) is 1.12. The highest BCUT2D eigenvalue weighted by Crippen LogP contribution is 2.13. The molecule has 5 nitrogen and oxygen atoms in total. The van der Waals surface area contributed by atoms with E-state index in [9.17, 15) is 4.79 Å². The minimum absolute atomic E-state index is 0.383.